The summed E-state index contributed by atoms with van der Waals surface area (Å²) < 4.78 is 0. The molecule has 3 aromatic rings. The topological polar surface area (TPSA) is 87.7 Å². The van der Waals surface area contributed by atoms with Crippen LogP contribution in [0.4, 0.5) is 5.13 Å². The number of rotatable bonds is 4. The zero-order valence-corrected chi connectivity index (χ0v) is 14.4. The monoisotopic (exact) mass is 380 g/mol. The molecular formula is C15H10Cl2N4O2S. The van der Waals surface area contributed by atoms with Gasteiger partial charge in [-0.2, -0.15) is 5.10 Å². The highest BCUT2D eigenvalue weighted by atomic mass is 35.5. The van der Waals surface area contributed by atoms with E-state index < -0.39 is 5.91 Å². The molecule has 2 N–H and O–H groups in total. The molecular weight excluding hydrogens is 371 g/mol. The van der Waals surface area contributed by atoms with E-state index >= 15 is 0 Å². The summed E-state index contributed by atoms with van der Waals surface area (Å²) in [5.41, 5.74) is 0.610. The maximum Gasteiger partial charge on any atom is 0.277 e. The van der Waals surface area contributed by atoms with Crippen molar-refractivity contribution in [3.8, 4) is 0 Å². The second kappa shape index (κ2) is 7.12. The van der Waals surface area contributed by atoms with Gasteiger partial charge in [-0.15, -0.1) is 11.3 Å². The summed E-state index contributed by atoms with van der Waals surface area (Å²) in [6, 6.07) is 7.84. The molecule has 0 bridgehead atoms. The van der Waals surface area contributed by atoms with Gasteiger partial charge in [-0.25, -0.2) is 10.1 Å². The van der Waals surface area contributed by atoms with Gasteiger partial charge in [-0.3, -0.25) is 14.9 Å². The minimum absolute atomic E-state index is 0.101. The van der Waals surface area contributed by atoms with Crippen molar-refractivity contribution in [1.29, 1.82) is 0 Å². The van der Waals surface area contributed by atoms with Crippen LogP contribution in [0.1, 0.15) is 20.9 Å². The average molecular weight is 381 g/mol. The molecule has 0 saturated heterocycles. The first-order chi connectivity index (χ1) is 11.5. The van der Waals surface area contributed by atoms with Crippen LogP contribution in [0.25, 0.3) is 0 Å². The van der Waals surface area contributed by atoms with Crippen LogP contribution in [0.2, 0.25) is 10.0 Å². The van der Waals surface area contributed by atoms with E-state index in [4.69, 9.17) is 23.2 Å². The average Bonchev–Trinajstić information content (AvgIpc) is 2.98. The van der Waals surface area contributed by atoms with Crippen LogP contribution in [0.15, 0.2) is 41.3 Å². The first kappa shape index (κ1) is 16.6. The number of aromatic nitrogens is 3. The molecule has 1 amide bonds. The van der Waals surface area contributed by atoms with Gasteiger partial charge in [-0.1, -0.05) is 23.2 Å². The number of anilines is 1. The second-order valence-corrected chi connectivity index (χ2v) is 6.76. The van der Waals surface area contributed by atoms with Crippen LogP contribution >= 0.6 is 34.5 Å². The van der Waals surface area contributed by atoms with E-state index in [2.05, 4.69) is 20.5 Å². The molecule has 2 aromatic heterocycles. The number of H-pyrrole nitrogens is 1. The van der Waals surface area contributed by atoms with Crippen molar-refractivity contribution >= 4 is 45.6 Å². The summed E-state index contributed by atoms with van der Waals surface area (Å²) in [4.78, 5) is 28.1. The lowest BCUT2D eigenvalue weighted by Gasteiger charge is -2.02. The Bertz CT molecular complexity index is 934. The number of hydrogen-bond donors (Lipinski definition) is 2. The predicted molar refractivity (Wildman–Crippen MR) is 94.2 cm³/mol. The minimum Gasteiger partial charge on any atom is -0.296 e. The van der Waals surface area contributed by atoms with Crippen molar-refractivity contribution < 1.29 is 4.79 Å². The van der Waals surface area contributed by atoms with Crippen LogP contribution in [0.3, 0.4) is 0 Å². The van der Waals surface area contributed by atoms with Crippen LogP contribution in [-0.4, -0.2) is 21.1 Å². The van der Waals surface area contributed by atoms with Crippen molar-refractivity contribution in [2.24, 2.45) is 0 Å². The van der Waals surface area contributed by atoms with Gasteiger partial charge in [0, 0.05) is 33.6 Å². The van der Waals surface area contributed by atoms with E-state index in [0.717, 1.165) is 10.4 Å². The fourth-order valence-corrected chi connectivity index (χ4v) is 3.16. The third kappa shape index (κ3) is 4.00. The van der Waals surface area contributed by atoms with Crippen molar-refractivity contribution in [3.63, 3.8) is 0 Å². The van der Waals surface area contributed by atoms with Gasteiger partial charge in [0.15, 0.2) is 5.13 Å². The summed E-state index contributed by atoms with van der Waals surface area (Å²) in [5, 5.41) is 10.2. The number of carbonyl (C=O) groups is 1. The number of halogens is 2. The molecule has 0 radical (unpaired) electrons. The standard InChI is InChI=1S/C15H10Cl2N4O2S/c16-9-1-2-11(17)8(5-9)6-10-7-18-15(24-10)19-14(23)12-3-4-13(22)21-20-12/h1-5,7H,6H2,(H,21,22)(H,18,19,23). The molecule has 122 valence electrons. The number of aromatic amines is 1. The number of benzene rings is 1. The van der Waals surface area contributed by atoms with E-state index in [1.54, 1.807) is 24.4 Å². The molecule has 0 unspecified atom stereocenters. The number of hydrogen-bond acceptors (Lipinski definition) is 5. The Morgan fingerprint density at radius 2 is 2.08 bits per heavy atom. The molecule has 24 heavy (non-hydrogen) atoms. The fourth-order valence-electron chi connectivity index (χ4n) is 1.95. The SMILES string of the molecule is O=C(Nc1ncc(Cc2cc(Cl)ccc2Cl)s1)c1ccc(=O)[nH]n1. The zero-order valence-electron chi connectivity index (χ0n) is 12.0. The highest BCUT2D eigenvalue weighted by molar-refractivity contribution is 7.15. The molecule has 2 heterocycles. The van der Waals surface area contributed by atoms with Crippen molar-refractivity contribution in [2.45, 2.75) is 6.42 Å². The minimum atomic E-state index is -0.451. The van der Waals surface area contributed by atoms with Crippen molar-refractivity contribution in [3.05, 3.63) is 73.1 Å². The molecule has 9 heteroatoms. The van der Waals surface area contributed by atoms with Gasteiger partial charge < -0.3 is 0 Å². The van der Waals surface area contributed by atoms with Gasteiger partial charge in [-0.05, 0) is 29.8 Å². The molecule has 3 rings (SSSR count). The lowest BCUT2D eigenvalue weighted by atomic mass is 10.1. The van der Waals surface area contributed by atoms with E-state index in [1.165, 1.54) is 23.5 Å². The second-order valence-electron chi connectivity index (χ2n) is 4.80. The number of carbonyl (C=O) groups excluding carboxylic acids is 1. The van der Waals surface area contributed by atoms with E-state index in [9.17, 15) is 9.59 Å². The molecule has 0 aliphatic carbocycles. The molecule has 0 spiro atoms. The van der Waals surface area contributed by atoms with Crippen LogP contribution in [0, 0.1) is 0 Å². The summed E-state index contributed by atoms with van der Waals surface area (Å²) in [5.74, 6) is -0.451. The maximum absolute atomic E-state index is 12.0. The molecule has 0 fully saturated rings. The highest BCUT2D eigenvalue weighted by Crippen LogP contribution is 2.27. The van der Waals surface area contributed by atoms with E-state index in [1.807, 2.05) is 0 Å². The molecule has 0 aliphatic rings. The number of nitrogens with zero attached hydrogens (tertiary/aromatic N) is 2. The van der Waals surface area contributed by atoms with Crippen molar-refractivity contribution in [1.82, 2.24) is 15.2 Å². The number of nitrogens with one attached hydrogen (secondary N) is 2. The Labute approximate surface area is 150 Å². The number of thiazole rings is 1. The largest absolute Gasteiger partial charge is 0.296 e. The lowest BCUT2D eigenvalue weighted by Crippen LogP contribution is -2.17. The molecule has 0 aliphatic heterocycles. The molecule has 0 saturated carbocycles. The summed E-state index contributed by atoms with van der Waals surface area (Å²) in [7, 11) is 0. The van der Waals surface area contributed by atoms with Crippen LogP contribution in [-0.2, 0) is 6.42 Å². The first-order valence-corrected chi connectivity index (χ1v) is 8.34. The van der Waals surface area contributed by atoms with Gasteiger partial charge in [0.05, 0.1) is 0 Å². The Balaban J connectivity index is 1.71. The summed E-state index contributed by atoms with van der Waals surface area (Å²) >= 11 is 13.4. The molecule has 6 nitrogen and oxygen atoms in total. The summed E-state index contributed by atoms with van der Waals surface area (Å²) in [6.07, 6.45) is 2.22. The van der Waals surface area contributed by atoms with Crippen LogP contribution < -0.4 is 10.9 Å². The van der Waals surface area contributed by atoms with Crippen LogP contribution in [0.5, 0.6) is 0 Å². The third-order valence-corrected chi connectivity index (χ3v) is 4.57. The Kier molecular flexibility index (Phi) is 4.94. The van der Waals surface area contributed by atoms with Gasteiger partial charge in [0.1, 0.15) is 5.69 Å². The van der Waals surface area contributed by atoms with Crippen molar-refractivity contribution in [2.75, 3.05) is 5.32 Å². The van der Waals surface area contributed by atoms with E-state index in [0.29, 0.717) is 21.6 Å². The zero-order chi connectivity index (χ0) is 17.1. The Morgan fingerprint density at radius 3 is 2.83 bits per heavy atom. The Morgan fingerprint density at radius 1 is 1.25 bits per heavy atom. The first-order valence-electron chi connectivity index (χ1n) is 6.77. The van der Waals surface area contributed by atoms with Gasteiger partial charge in [0.2, 0.25) is 0 Å². The fraction of sp³-hybridized carbons (Fsp3) is 0.0667. The normalized spacial score (nSPS) is 10.6. The molecule has 1 aromatic carbocycles. The molecule has 0 atom stereocenters. The van der Waals surface area contributed by atoms with Gasteiger partial charge in [0.25, 0.3) is 11.5 Å². The lowest BCUT2D eigenvalue weighted by molar-refractivity contribution is 0.102. The van der Waals surface area contributed by atoms with Gasteiger partial charge >= 0.3 is 0 Å². The quantitative estimate of drug-likeness (QED) is 0.725. The smallest absolute Gasteiger partial charge is 0.277 e. The summed E-state index contributed by atoms with van der Waals surface area (Å²) in [6.45, 7) is 0. The Hall–Kier alpha value is -2.22. The third-order valence-electron chi connectivity index (χ3n) is 3.06. The highest BCUT2D eigenvalue weighted by Gasteiger charge is 2.12. The predicted octanol–water partition coefficient (Wildman–Crippen LogP) is 3.38. The maximum atomic E-state index is 12.0. The van der Waals surface area contributed by atoms with E-state index in [-0.39, 0.29) is 11.3 Å². The number of amides is 1.